The summed E-state index contributed by atoms with van der Waals surface area (Å²) >= 11 is 6.47. The van der Waals surface area contributed by atoms with Crippen LogP contribution in [0.15, 0.2) is 62.8 Å². The molecule has 2 aliphatic carbocycles. The summed E-state index contributed by atoms with van der Waals surface area (Å²) in [5.74, 6) is -0.157. The summed E-state index contributed by atoms with van der Waals surface area (Å²) in [4.78, 5) is 47.5. The number of rotatable bonds is 3. The van der Waals surface area contributed by atoms with Gasteiger partial charge < -0.3 is 9.88 Å². The van der Waals surface area contributed by atoms with E-state index in [4.69, 9.17) is 0 Å². The van der Waals surface area contributed by atoms with Crippen LogP contribution in [0.5, 0.6) is 0 Å². The van der Waals surface area contributed by atoms with Crippen LogP contribution in [0.25, 0.3) is 0 Å². The van der Waals surface area contributed by atoms with E-state index < -0.39 is 0 Å². The molecular formula is C27H24BrN3O3S2. The number of benzene rings is 2. The number of thioether (sulfide) groups is 1. The number of aromatic nitrogens is 1. The molecule has 36 heavy (non-hydrogen) atoms. The standard InChI is InChI=1S/C27H24BrN3O3S2/c1-30(2)14-7-3-12(4-8-14)18-19-16-11-17(22(19)35-24-23(18)36-27(34)29-24)21-20(16)25(32)31(26(21)33)15-9-5-13(28)6-10-15/h3-10,16-22H,11H2,1-2H3,(H,29,34)/t16?,17?,18-,19?,20?,21?,22?/m1/s1. The lowest BCUT2D eigenvalue weighted by atomic mass is 9.68. The van der Waals surface area contributed by atoms with Gasteiger partial charge in [-0.1, -0.05) is 39.4 Å². The molecule has 3 heterocycles. The van der Waals surface area contributed by atoms with Gasteiger partial charge in [0.05, 0.1) is 22.5 Å². The second-order valence-corrected chi connectivity index (χ2v) is 13.6. The van der Waals surface area contributed by atoms with E-state index in [2.05, 4.69) is 50.1 Å². The number of H-pyrrole nitrogens is 1. The van der Waals surface area contributed by atoms with Gasteiger partial charge in [0.1, 0.15) is 0 Å². The Morgan fingerprint density at radius 3 is 2.28 bits per heavy atom. The minimum absolute atomic E-state index is 0.0384. The zero-order chi connectivity index (χ0) is 24.9. The van der Waals surface area contributed by atoms with Gasteiger partial charge in [-0.05, 0) is 66.1 Å². The topological polar surface area (TPSA) is 73.5 Å². The van der Waals surface area contributed by atoms with Crippen LogP contribution in [0, 0.1) is 29.6 Å². The van der Waals surface area contributed by atoms with Crippen molar-refractivity contribution in [2.45, 2.75) is 22.6 Å². The van der Waals surface area contributed by atoms with Gasteiger partial charge in [0, 0.05) is 40.3 Å². The van der Waals surface area contributed by atoms with Crippen LogP contribution in [-0.2, 0) is 9.59 Å². The fourth-order valence-corrected chi connectivity index (χ4v) is 10.4. The number of carbonyl (C=O) groups excluding carboxylic acids is 2. The molecule has 9 heteroatoms. The maximum Gasteiger partial charge on any atom is 0.305 e. The van der Waals surface area contributed by atoms with Crippen molar-refractivity contribution < 1.29 is 9.59 Å². The Labute approximate surface area is 225 Å². The van der Waals surface area contributed by atoms with Crippen LogP contribution in [-0.4, -0.2) is 36.1 Å². The first-order valence-electron chi connectivity index (χ1n) is 12.1. The molecule has 3 fully saturated rings. The molecule has 1 saturated heterocycles. The number of fused-ring (bicyclic) bond motifs is 9. The zero-order valence-corrected chi connectivity index (χ0v) is 22.9. The summed E-state index contributed by atoms with van der Waals surface area (Å²) in [5.41, 5.74) is 2.95. The van der Waals surface area contributed by atoms with E-state index in [1.165, 1.54) is 21.8 Å². The van der Waals surface area contributed by atoms with Crippen molar-refractivity contribution in [3.63, 3.8) is 0 Å². The molecular weight excluding hydrogens is 558 g/mol. The molecule has 0 radical (unpaired) electrons. The van der Waals surface area contributed by atoms with Crippen molar-refractivity contribution in [2.75, 3.05) is 23.9 Å². The molecule has 7 rings (SSSR count). The number of amides is 2. The number of aromatic amines is 1. The molecule has 2 aliphatic heterocycles. The molecule has 7 atom stereocenters. The number of thiazole rings is 1. The van der Waals surface area contributed by atoms with Crippen molar-refractivity contribution in [2.24, 2.45) is 29.6 Å². The van der Waals surface area contributed by atoms with E-state index in [0.717, 1.165) is 26.5 Å². The summed E-state index contributed by atoms with van der Waals surface area (Å²) in [7, 11) is 4.04. The van der Waals surface area contributed by atoms with Crippen LogP contribution in [0.1, 0.15) is 22.8 Å². The Balaban J connectivity index is 1.31. The van der Waals surface area contributed by atoms with Crippen molar-refractivity contribution >= 4 is 62.2 Å². The van der Waals surface area contributed by atoms with Crippen LogP contribution in [0.4, 0.5) is 11.4 Å². The normalized spacial score (nSPS) is 32.0. The summed E-state index contributed by atoms with van der Waals surface area (Å²) < 4.78 is 0.913. The Hall–Kier alpha value is -2.36. The molecule has 6 unspecified atom stereocenters. The molecule has 6 nitrogen and oxygen atoms in total. The molecule has 0 spiro atoms. The van der Waals surface area contributed by atoms with E-state index in [1.54, 1.807) is 11.8 Å². The fourth-order valence-electron chi connectivity index (χ4n) is 7.21. The minimum Gasteiger partial charge on any atom is -0.378 e. The van der Waals surface area contributed by atoms with Crippen molar-refractivity contribution in [3.8, 4) is 0 Å². The van der Waals surface area contributed by atoms with Gasteiger partial charge >= 0.3 is 4.87 Å². The lowest BCUT2D eigenvalue weighted by Gasteiger charge is -2.43. The highest BCUT2D eigenvalue weighted by atomic mass is 79.9. The second-order valence-electron chi connectivity index (χ2n) is 10.4. The Bertz CT molecular complexity index is 1450. The summed E-state index contributed by atoms with van der Waals surface area (Å²) in [6.07, 6.45) is 0.898. The summed E-state index contributed by atoms with van der Waals surface area (Å²) in [6, 6.07) is 16.0. The van der Waals surface area contributed by atoms with Crippen LogP contribution >= 0.6 is 39.0 Å². The van der Waals surface area contributed by atoms with Gasteiger partial charge in [-0.15, -0.1) is 11.8 Å². The molecule has 1 aromatic heterocycles. The monoisotopic (exact) mass is 581 g/mol. The molecule has 2 aromatic carbocycles. The van der Waals surface area contributed by atoms with Gasteiger partial charge in [0.15, 0.2) is 0 Å². The lowest BCUT2D eigenvalue weighted by molar-refractivity contribution is -0.123. The van der Waals surface area contributed by atoms with Crippen molar-refractivity contribution in [1.82, 2.24) is 4.98 Å². The van der Waals surface area contributed by atoms with Crippen molar-refractivity contribution in [3.05, 3.63) is 73.1 Å². The number of halogens is 1. The maximum absolute atomic E-state index is 13.8. The van der Waals surface area contributed by atoms with E-state index >= 15 is 0 Å². The average Bonchev–Trinajstić information content (AvgIpc) is 3.59. The number of nitrogens with one attached hydrogen (secondary N) is 1. The number of carbonyl (C=O) groups is 2. The molecule has 1 N–H and O–H groups in total. The first-order chi connectivity index (χ1) is 17.3. The van der Waals surface area contributed by atoms with Gasteiger partial charge in [0.2, 0.25) is 11.8 Å². The highest BCUT2D eigenvalue weighted by Crippen LogP contribution is 2.68. The fraction of sp³-hybridized carbons (Fsp3) is 0.370. The van der Waals surface area contributed by atoms with Crippen LogP contribution in [0.2, 0.25) is 0 Å². The highest BCUT2D eigenvalue weighted by molar-refractivity contribution is 9.10. The summed E-state index contributed by atoms with van der Waals surface area (Å²) in [5, 5.41) is 1.15. The Kier molecular flexibility index (Phi) is 5.11. The molecule has 184 valence electrons. The first-order valence-corrected chi connectivity index (χ1v) is 14.6. The van der Waals surface area contributed by atoms with E-state index in [-0.39, 0.29) is 57.4 Å². The number of imide groups is 1. The molecule has 2 saturated carbocycles. The Morgan fingerprint density at radius 1 is 0.944 bits per heavy atom. The number of hydrogen-bond acceptors (Lipinski definition) is 6. The lowest BCUT2D eigenvalue weighted by Crippen LogP contribution is -2.42. The second kappa shape index (κ2) is 8.07. The third-order valence-electron chi connectivity index (χ3n) is 8.58. The number of nitrogens with zero attached hydrogens (tertiary/aromatic N) is 2. The maximum atomic E-state index is 13.8. The van der Waals surface area contributed by atoms with Gasteiger partial charge in [-0.25, -0.2) is 0 Å². The van der Waals surface area contributed by atoms with E-state index in [9.17, 15) is 14.4 Å². The third-order valence-corrected chi connectivity index (χ3v) is 11.7. The molecule has 4 aliphatic rings. The third kappa shape index (κ3) is 3.12. The SMILES string of the molecule is CN(C)c1ccc([C@H]2c3sc(=O)[nH]c3SC3C4CC(C5C(=O)N(c6ccc(Br)cc6)C(=O)C45)C32)cc1. The van der Waals surface area contributed by atoms with Gasteiger partial charge in [-0.2, -0.15) is 0 Å². The predicted molar refractivity (Wildman–Crippen MR) is 146 cm³/mol. The largest absolute Gasteiger partial charge is 0.378 e. The Morgan fingerprint density at radius 2 is 1.61 bits per heavy atom. The highest BCUT2D eigenvalue weighted by Gasteiger charge is 2.69. The molecule has 2 bridgehead atoms. The van der Waals surface area contributed by atoms with Gasteiger partial charge in [0.25, 0.3) is 0 Å². The smallest absolute Gasteiger partial charge is 0.305 e. The molecule has 3 aromatic rings. The van der Waals surface area contributed by atoms with E-state index in [1.807, 2.05) is 38.4 Å². The van der Waals surface area contributed by atoms with E-state index in [0.29, 0.717) is 5.69 Å². The van der Waals surface area contributed by atoms with Gasteiger partial charge in [-0.3, -0.25) is 19.3 Å². The van der Waals surface area contributed by atoms with Crippen LogP contribution in [0.3, 0.4) is 0 Å². The predicted octanol–water partition coefficient (Wildman–Crippen LogP) is 4.94. The first kappa shape index (κ1) is 22.8. The zero-order valence-electron chi connectivity index (χ0n) is 19.7. The van der Waals surface area contributed by atoms with Crippen molar-refractivity contribution in [1.29, 1.82) is 0 Å². The summed E-state index contributed by atoms with van der Waals surface area (Å²) in [6.45, 7) is 0. The number of hydrogen-bond donors (Lipinski definition) is 1. The van der Waals surface area contributed by atoms with Crippen LogP contribution < -0.4 is 14.7 Å². The molecule has 2 amide bonds. The quantitative estimate of drug-likeness (QED) is 0.443. The number of anilines is 2. The average molecular weight is 583 g/mol. The minimum atomic E-state index is -0.284.